The molecule has 0 aliphatic carbocycles. The summed E-state index contributed by atoms with van der Waals surface area (Å²) in [5.41, 5.74) is -1.18. The number of carbonyl (C=O) groups is 2. The van der Waals surface area contributed by atoms with Crippen molar-refractivity contribution in [3.05, 3.63) is 164 Å². The Morgan fingerprint density at radius 1 is 0.641 bits per heavy atom. The molecular formula is C42H32F6N10O4S2. The van der Waals surface area contributed by atoms with Crippen LogP contribution in [0.5, 0.6) is 0 Å². The van der Waals surface area contributed by atoms with Crippen LogP contribution in [0.4, 0.5) is 47.3 Å². The number of halogens is 6. The third-order valence-corrected chi connectivity index (χ3v) is 12.1. The highest BCUT2D eigenvalue weighted by molar-refractivity contribution is 7.92. The van der Waals surface area contributed by atoms with E-state index < -0.39 is 67.1 Å². The first-order chi connectivity index (χ1) is 29.8. The summed E-state index contributed by atoms with van der Waals surface area (Å²) in [4.78, 5) is 34.7. The fraction of sp³-hybridized carbons (Fsp3) is 0.190. The lowest BCUT2D eigenvalue weighted by Crippen LogP contribution is -2.46. The van der Waals surface area contributed by atoms with Crippen molar-refractivity contribution in [1.29, 1.82) is 20.1 Å². The van der Waals surface area contributed by atoms with Gasteiger partial charge in [-0.25, -0.2) is 37.3 Å². The normalized spacial score (nSPS) is 18.4. The van der Waals surface area contributed by atoms with Gasteiger partial charge in [-0.15, -0.1) is 0 Å². The van der Waals surface area contributed by atoms with Gasteiger partial charge in [0.1, 0.15) is 0 Å². The Bertz CT molecular complexity index is 2880. The Labute approximate surface area is 363 Å². The molecule has 64 heavy (non-hydrogen) atoms. The maximum atomic E-state index is 13.1. The Hall–Kier alpha value is -7.66. The minimum absolute atomic E-state index is 0.0108. The maximum Gasteiger partial charge on any atom is 0.416 e. The third kappa shape index (κ3) is 9.69. The standard InChI is InChI=1S/2C21H16F3N5O2S/c2*1-12-18(27-2)19(16-8-7-13(11-25)9-17(16)32(3,26)31)28-20(30)29(12)15-6-4-5-14(10-15)21(22,23)24/h2*4-10,19,26H,1,3H3,(H,28,30)/t19-,32+;19-,32-/m11/s1. The number of alkyl halides is 6. The van der Waals surface area contributed by atoms with Crippen LogP contribution in [0.1, 0.15) is 59.3 Å². The molecule has 2 aliphatic rings. The van der Waals surface area contributed by atoms with E-state index in [2.05, 4.69) is 20.3 Å². The van der Waals surface area contributed by atoms with Gasteiger partial charge in [-0.2, -0.15) is 36.9 Å². The van der Waals surface area contributed by atoms with Gasteiger partial charge in [-0.3, -0.25) is 9.80 Å². The smallest absolute Gasteiger partial charge is 0.335 e. The second-order valence-corrected chi connectivity index (χ2v) is 18.4. The van der Waals surface area contributed by atoms with Crippen molar-refractivity contribution in [1.82, 2.24) is 10.6 Å². The van der Waals surface area contributed by atoms with E-state index in [-0.39, 0.29) is 66.2 Å². The van der Waals surface area contributed by atoms with E-state index in [1.165, 1.54) is 62.4 Å². The SMILES string of the molecule is [C-]#[N+]C1=C(C)N(c2cccc(C(F)(F)F)c2)C(=O)N[C@@H]1c1ccc(C#N)cc1[S@@](C)(=N)=O.[C-]#[N+]C1=C(C)N(c2cccc(C(F)(F)F)c2)C(=O)N[C@@H]1c1ccc(C#N)cc1[S@](C)(=N)=O. The molecule has 0 radical (unpaired) electrons. The largest absolute Gasteiger partial charge is 0.416 e. The van der Waals surface area contributed by atoms with E-state index in [0.717, 1.165) is 58.7 Å². The summed E-state index contributed by atoms with van der Waals surface area (Å²) >= 11 is 0. The van der Waals surface area contributed by atoms with Crippen LogP contribution in [0.25, 0.3) is 9.69 Å². The van der Waals surface area contributed by atoms with E-state index >= 15 is 0 Å². The van der Waals surface area contributed by atoms with Crippen LogP contribution in [0.2, 0.25) is 0 Å². The van der Waals surface area contributed by atoms with E-state index in [0.29, 0.717) is 0 Å². The van der Waals surface area contributed by atoms with Crippen LogP contribution in [0, 0.1) is 45.4 Å². The molecule has 2 heterocycles. The summed E-state index contributed by atoms with van der Waals surface area (Å²) < 4.78 is 120. The van der Waals surface area contributed by atoms with Gasteiger partial charge in [-0.1, -0.05) is 24.3 Å². The third-order valence-electron chi connectivity index (χ3n) is 9.75. The van der Waals surface area contributed by atoms with E-state index in [9.17, 15) is 44.3 Å². The summed E-state index contributed by atoms with van der Waals surface area (Å²) in [6.07, 6.45) is -6.92. The average molecular weight is 919 g/mol. The topological polar surface area (TPSA) is 203 Å². The lowest BCUT2D eigenvalue weighted by molar-refractivity contribution is -0.138. The molecule has 6 rings (SSSR count). The van der Waals surface area contributed by atoms with Crippen LogP contribution in [-0.2, 0) is 31.8 Å². The molecule has 22 heteroatoms. The zero-order valence-corrected chi connectivity index (χ0v) is 35.3. The Morgan fingerprint density at radius 3 is 1.27 bits per heavy atom. The number of amides is 4. The van der Waals surface area contributed by atoms with E-state index in [1.807, 2.05) is 12.1 Å². The highest BCUT2D eigenvalue weighted by atomic mass is 32.2. The number of hydrogen-bond donors (Lipinski definition) is 4. The Kier molecular flexibility index (Phi) is 13.0. The predicted molar refractivity (Wildman–Crippen MR) is 221 cm³/mol. The van der Waals surface area contributed by atoms with Crippen molar-refractivity contribution in [2.24, 2.45) is 0 Å². The average Bonchev–Trinajstić information content (AvgIpc) is 3.22. The molecule has 328 valence electrons. The number of carbonyl (C=O) groups excluding carboxylic acids is 2. The maximum absolute atomic E-state index is 13.1. The number of nitrogens with one attached hydrogen (secondary N) is 4. The van der Waals surface area contributed by atoms with Crippen LogP contribution in [-0.4, -0.2) is 33.0 Å². The molecule has 0 bridgehead atoms. The lowest BCUT2D eigenvalue weighted by atomic mass is 9.99. The van der Waals surface area contributed by atoms with E-state index in [4.69, 9.17) is 33.2 Å². The molecule has 4 atom stereocenters. The molecule has 0 aromatic heterocycles. The van der Waals surface area contributed by atoms with Crippen LogP contribution in [0.3, 0.4) is 0 Å². The van der Waals surface area contributed by atoms with Gasteiger partial charge in [0.15, 0.2) is 0 Å². The fourth-order valence-corrected chi connectivity index (χ4v) is 8.80. The van der Waals surface area contributed by atoms with Gasteiger partial charge in [0, 0.05) is 35.3 Å². The molecule has 14 nitrogen and oxygen atoms in total. The van der Waals surface area contributed by atoms with Crippen molar-refractivity contribution >= 4 is 42.9 Å². The molecule has 0 saturated carbocycles. The van der Waals surface area contributed by atoms with Crippen LogP contribution < -0.4 is 20.4 Å². The molecule has 0 fully saturated rings. The number of benzene rings is 4. The molecule has 4 N–H and O–H groups in total. The van der Waals surface area contributed by atoms with Crippen molar-refractivity contribution in [2.45, 2.75) is 48.1 Å². The molecular weight excluding hydrogens is 887 g/mol. The number of nitriles is 2. The molecule has 0 saturated heterocycles. The van der Waals surface area contributed by atoms with E-state index in [1.54, 1.807) is 0 Å². The Balaban J connectivity index is 0.000000241. The van der Waals surface area contributed by atoms with Crippen molar-refractivity contribution < 1.29 is 44.3 Å². The minimum Gasteiger partial charge on any atom is -0.335 e. The number of nitrogens with zero attached hydrogens (tertiary/aromatic N) is 6. The zero-order valence-electron chi connectivity index (χ0n) is 33.6. The zero-order chi connectivity index (χ0) is 47.7. The molecule has 2 aliphatic heterocycles. The first-order valence-corrected chi connectivity index (χ1v) is 22.0. The predicted octanol–water partition coefficient (Wildman–Crippen LogP) is 10.1. The van der Waals surface area contributed by atoms with Gasteiger partial charge in [0.25, 0.3) is 0 Å². The second kappa shape index (κ2) is 17.6. The second-order valence-electron chi connectivity index (χ2n) is 14.1. The number of allylic oxidation sites excluding steroid dienone is 2. The highest BCUT2D eigenvalue weighted by Crippen LogP contribution is 2.41. The molecule has 0 spiro atoms. The molecule has 4 aromatic carbocycles. The number of rotatable bonds is 6. The number of anilines is 2. The summed E-state index contributed by atoms with van der Waals surface area (Å²) in [6.45, 7) is 18.1. The van der Waals surface area contributed by atoms with Gasteiger partial charge in [0.2, 0.25) is 11.4 Å². The van der Waals surface area contributed by atoms with Gasteiger partial charge in [-0.05, 0) is 85.6 Å². The number of urea groups is 2. The lowest BCUT2D eigenvalue weighted by Gasteiger charge is -2.35. The first-order valence-electron chi connectivity index (χ1n) is 18.0. The summed E-state index contributed by atoms with van der Waals surface area (Å²) in [5.74, 6) is 0. The quantitative estimate of drug-likeness (QED) is 0.109. The van der Waals surface area contributed by atoms with Gasteiger partial charge in [0.05, 0.1) is 88.9 Å². The van der Waals surface area contributed by atoms with Gasteiger partial charge >= 0.3 is 24.4 Å². The molecule has 0 unspecified atom stereocenters. The fourth-order valence-electron chi connectivity index (χ4n) is 6.83. The summed E-state index contributed by atoms with van der Waals surface area (Å²) in [6, 6.07) is 16.5. The number of hydrogen-bond acceptors (Lipinski definition) is 8. The first kappa shape index (κ1) is 47.4. The van der Waals surface area contributed by atoms with Gasteiger partial charge < -0.3 is 10.6 Å². The summed E-state index contributed by atoms with van der Waals surface area (Å²) in [7, 11) is -6.67. The molecule has 4 aromatic rings. The minimum atomic E-state index is -4.61. The van der Waals surface area contributed by atoms with Crippen molar-refractivity contribution in [2.75, 3.05) is 22.3 Å². The Morgan fingerprint density at radius 2 is 0.984 bits per heavy atom. The van der Waals surface area contributed by atoms with Crippen molar-refractivity contribution in [3.63, 3.8) is 0 Å². The monoisotopic (exact) mass is 918 g/mol. The highest BCUT2D eigenvalue weighted by Gasteiger charge is 2.39. The molecule has 4 amide bonds. The van der Waals surface area contributed by atoms with Crippen molar-refractivity contribution in [3.8, 4) is 12.1 Å². The summed E-state index contributed by atoms with van der Waals surface area (Å²) in [5, 5.41) is 23.4. The van der Waals surface area contributed by atoms with Crippen LogP contribution in [0.15, 0.2) is 118 Å². The van der Waals surface area contributed by atoms with Crippen LogP contribution >= 0.6 is 0 Å².